The number of aliphatic hydroxyl groups is 1. The van der Waals surface area contributed by atoms with Gasteiger partial charge in [0.25, 0.3) is 0 Å². The summed E-state index contributed by atoms with van der Waals surface area (Å²) in [5, 5.41) is 15.2. The zero-order valence-electron chi connectivity index (χ0n) is 10.5. The zero-order chi connectivity index (χ0) is 12.1. The largest absolute Gasteiger partial charge is 0.394 e. The molecule has 4 heteroatoms. The number of likely N-dealkylation sites (N-methyl/N-ethyl adjacent to an activating group) is 1. The van der Waals surface area contributed by atoms with Crippen molar-refractivity contribution >= 4 is 5.91 Å². The summed E-state index contributed by atoms with van der Waals surface area (Å²) < 4.78 is 0. The maximum atomic E-state index is 11.9. The standard InChI is InChI=1S/C11H24N2O2/c1-6-11(7-2,8-14)13-9(15)10(3,4)12-5/h12,14H,6-8H2,1-5H3,(H,13,15). The summed E-state index contributed by atoms with van der Waals surface area (Å²) in [7, 11) is 1.75. The van der Waals surface area contributed by atoms with Gasteiger partial charge in [-0.1, -0.05) is 13.8 Å². The highest BCUT2D eigenvalue weighted by atomic mass is 16.3. The second-order valence-corrected chi connectivity index (χ2v) is 4.47. The summed E-state index contributed by atoms with van der Waals surface area (Å²) >= 11 is 0. The molecule has 0 saturated heterocycles. The molecule has 0 radical (unpaired) electrons. The number of amides is 1. The normalized spacial score (nSPS) is 12.7. The first-order valence-corrected chi connectivity index (χ1v) is 5.50. The van der Waals surface area contributed by atoms with E-state index in [1.807, 2.05) is 27.7 Å². The van der Waals surface area contributed by atoms with E-state index < -0.39 is 11.1 Å². The number of rotatable bonds is 6. The molecule has 0 aromatic heterocycles. The molecule has 0 unspecified atom stereocenters. The zero-order valence-corrected chi connectivity index (χ0v) is 10.5. The van der Waals surface area contributed by atoms with Gasteiger partial charge in [-0.05, 0) is 33.7 Å². The molecule has 3 N–H and O–H groups in total. The average Bonchev–Trinajstić information content (AvgIpc) is 2.25. The molecule has 15 heavy (non-hydrogen) atoms. The van der Waals surface area contributed by atoms with Gasteiger partial charge in [-0.15, -0.1) is 0 Å². The van der Waals surface area contributed by atoms with Crippen molar-refractivity contribution in [3.63, 3.8) is 0 Å². The maximum Gasteiger partial charge on any atom is 0.240 e. The second-order valence-electron chi connectivity index (χ2n) is 4.47. The lowest BCUT2D eigenvalue weighted by Gasteiger charge is -2.34. The van der Waals surface area contributed by atoms with Gasteiger partial charge in [0.1, 0.15) is 0 Å². The molecule has 4 nitrogen and oxygen atoms in total. The highest BCUT2D eigenvalue weighted by Gasteiger charge is 2.33. The Morgan fingerprint density at radius 2 is 1.73 bits per heavy atom. The summed E-state index contributed by atoms with van der Waals surface area (Å²) in [6.07, 6.45) is 1.46. The molecule has 0 saturated carbocycles. The van der Waals surface area contributed by atoms with Crippen molar-refractivity contribution in [2.75, 3.05) is 13.7 Å². The first-order chi connectivity index (χ1) is 6.87. The van der Waals surface area contributed by atoms with Crippen LogP contribution in [0.15, 0.2) is 0 Å². The second kappa shape index (κ2) is 5.47. The monoisotopic (exact) mass is 216 g/mol. The van der Waals surface area contributed by atoms with E-state index in [2.05, 4.69) is 10.6 Å². The first-order valence-electron chi connectivity index (χ1n) is 5.50. The molecule has 0 fully saturated rings. The van der Waals surface area contributed by atoms with E-state index in [9.17, 15) is 9.90 Å². The molecule has 0 rings (SSSR count). The van der Waals surface area contributed by atoms with Gasteiger partial charge in [0.2, 0.25) is 5.91 Å². The summed E-state index contributed by atoms with van der Waals surface area (Å²) in [5.74, 6) is -0.0808. The van der Waals surface area contributed by atoms with E-state index in [1.165, 1.54) is 0 Å². The molecule has 0 aromatic rings. The Hall–Kier alpha value is -0.610. The Kier molecular flexibility index (Phi) is 5.24. The average molecular weight is 216 g/mol. The van der Waals surface area contributed by atoms with Crippen LogP contribution < -0.4 is 10.6 Å². The molecule has 0 aromatic carbocycles. The smallest absolute Gasteiger partial charge is 0.240 e. The molecule has 0 aliphatic heterocycles. The highest BCUT2D eigenvalue weighted by molar-refractivity contribution is 5.86. The predicted octanol–water partition coefficient (Wildman–Crippen LogP) is 0.652. The van der Waals surface area contributed by atoms with Gasteiger partial charge in [0, 0.05) is 0 Å². The molecule has 0 spiro atoms. The van der Waals surface area contributed by atoms with Gasteiger partial charge in [-0.3, -0.25) is 4.79 Å². The number of carbonyl (C=O) groups excluding carboxylic acids is 1. The van der Waals surface area contributed by atoms with Crippen LogP contribution in [0.5, 0.6) is 0 Å². The molecule has 1 amide bonds. The Balaban J connectivity index is 4.62. The molecule has 0 bridgehead atoms. The van der Waals surface area contributed by atoms with Crippen LogP contribution in [0, 0.1) is 0 Å². The van der Waals surface area contributed by atoms with E-state index in [1.54, 1.807) is 7.05 Å². The van der Waals surface area contributed by atoms with Crippen LogP contribution in [-0.4, -0.2) is 35.7 Å². The van der Waals surface area contributed by atoms with E-state index >= 15 is 0 Å². The van der Waals surface area contributed by atoms with E-state index in [0.717, 1.165) is 12.8 Å². The Morgan fingerprint density at radius 1 is 1.27 bits per heavy atom. The Morgan fingerprint density at radius 3 is 2.00 bits per heavy atom. The number of nitrogens with one attached hydrogen (secondary N) is 2. The van der Waals surface area contributed by atoms with E-state index in [-0.39, 0.29) is 12.5 Å². The van der Waals surface area contributed by atoms with Crippen LogP contribution >= 0.6 is 0 Å². The Bertz CT molecular complexity index is 202. The molecule has 0 atom stereocenters. The minimum absolute atomic E-state index is 0.0223. The third-order valence-electron chi connectivity index (χ3n) is 3.23. The van der Waals surface area contributed by atoms with Crippen molar-refractivity contribution in [1.29, 1.82) is 0 Å². The van der Waals surface area contributed by atoms with Crippen molar-refractivity contribution in [1.82, 2.24) is 10.6 Å². The van der Waals surface area contributed by atoms with Crippen LogP contribution in [-0.2, 0) is 4.79 Å². The van der Waals surface area contributed by atoms with Crippen molar-refractivity contribution in [2.24, 2.45) is 0 Å². The number of aliphatic hydroxyl groups excluding tert-OH is 1. The SMILES string of the molecule is CCC(CC)(CO)NC(=O)C(C)(C)NC. The fourth-order valence-electron chi connectivity index (χ4n) is 1.20. The van der Waals surface area contributed by atoms with Gasteiger partial charge in [-0.2, -0.15) is 0 Å². The van der Waals surface area contributed by atoms with Crippen molar-refractivity contribution in [2.45, 2.75) is 51.6 Å². The van der Waals surface area contributed by atoms with Gasteiger partial charge >= 0.3 is 0 Å². The van der Waals surface area contributed by atoms with Crippen LogP contribution in [0.3, 0.4) is 0 Å². The maximum absolute atomic E-state index is 11.9. The third-order valence-corrected chi connectivity index (χ3v) is 3.23. The summed E-state index contributed by atoms with van der Waals surface area (Å²) in [5.41, 5.74) is -1.09. The molecular formula is C11H24N2O2. The predicted molar refractivity (Wildman–Crippen MR) is 61.7 cm³/mol. The third kappa shape index (κ3) is 3.47. The van der Waals surface area contributed by atoms with Gasteiger partial charge < -0.3 is 15.7 Å². The molecule has 0 aliphatic carbocycles. The van der Waals surface area contributed by atoms with Gasteiger partial charge in [-0.25, -0.2) is 0 Å². The lowest BCUT2D eigenvalue weighted by molar-refractivity contribution is -0.129. The molecule has 90 valence electrons. The quantitative estimate of drug-likeness (QED) is 0.611. The van der Waals surface area contributed by atoms with Crippen LogP contribution in [0.25, 0.3) is 0 Å². The first kappa shape index (κ1) is 14.4. The van der Waals surface area contributed by atoms with E-state index in [4.69, 9.17) is 0 Å². The van der Waals surface area contributed by atoms with Crippen LogP contribution in [0.4, 0.5) is 0 Å². The lowest BCUT2D eigenvalue weighted by Crippen LogP contribution is -2.59. The van der Waals surface area contributed by atoms with Crippen LogP contribution in [0.2, 0.25) is 0 Å². The van der Waals surface area contributed by atoms with Crippen molar-refractivity contribution in [3.8, 4) is 0 Å². The Labute approximate surface area is 92.4 Å². The minimum Gasteiger partial charge on any atom is -0.394 e. The number of carbonyl (C=O) groups is 1. The number of hydrogen-bond donors (Lipinski definition) is 3. The minimum atomic E-state index is -0.606. The highest BCUT2D eigenvalue weighted by Crippen LogP contribution is 2.15. The van der Waals surface area contributed by atoms with Gasteiger partial charge in [0.15, 0.2) is 0 Å². The topological polar surface area (TPSA) is 61.4 Å². The summed E-state index contributed by atoms with van der Waals surface area (Å²) in [6, 6.07) is 0. The van der Waals surface area contributed by atoms with Crippen molar-refractivity contribution in [3.05, 3.63) is 0 Å². The fraction of sp³-hybridized carbons (Fsp3) is 0.909. The molecular weight excluding hydrogens is 192 g/mol. The summed E-state index contributed by atoms with van der Waals surface area (Å²) in [6.45, 7) is 7.54. The lowest BCUT2D eigenvalue weighted by atomic mass is 9.92. The van der Waals surface area contributed by atoms with Crippen molar-refractivity contribution < 1.29 is 9.90 Å². The van der Waals surface area contributed by atoms with Crippen LogP contribution in [0.1, 0.15) is 40.5 Å². The summed E-state index contributed by atoms with van der Waals surface area (Å²) in [4.78, 5) is 11.9. The molecule has 0 heterocycles. The molecule has 0 aliphatic rings. The van der Waals surface area contributed by atoms with E-state index in [0.29, 0.717) is 0 Å². The number of hydrogen-bond acceptors (Lipinski definition) is 3. The van der Waals surface area contributed by atoms with Gasteiger partial charge in [0.05, 0.1) is 17.7 Å². The fourth-order valence-corrected chi connectivity index (χ4v) is 1.20.